The third-order valence-corrected chi connectivity index (χ3v) is 11.8. The topological polar surface area (TPSA) is 51.6 Å². The van der Waals surface area contributed by atoms with Crippen LogP contribution in [0.3, 0.4) is 0 Å². The van der Waals surface area contributed by atoms with Crippen molar-refractivity contribution in [3.63, 3.8) is 0 Å². The molecular formula is C59H40N4. The molecule has 11 aromatic rings. The van der Waals surface area contributed by atoms with Crippen molar-refractivity contribution in [2.45, 2.75) is 6.92 Å². The van der Waals surface area contributed by atoms with E-state index in [2.05, 4.69) is 189 Å². The van der Waals surface area contributed by atoms with Gasteiger partial charge >= 0.3 is 0 Å². The standard InChI is InChI=1S/C59H40N4/c1-39-35-54(61-58-52(39)33-31-46-32-34-53(60-57(46)58)43-15-7-3-8-16-43)51-22-12-21-50(37-51)49-20-11-19-48(36-49)42-25-29-47(30-26-42)59-62-55(44-17-9-4-10-18-44)38-56(63-59)45-27-23-41(24-28-45)40-13-5-2-6-14-40/h2-38H,1H3. The summed E-state index contributed by atoms with van der Waals surface area (Å²) in [5.41, 5.74) is 18.7. The summed E-state index contributed by atoms with van der Waals surface area (Å²) in [7, 11) is 0. The highest BCUT2D eigenvalue weighted by molar-refractivity contribution is 6.05. The van der Waals surface area contributed by atoms with Crippen molar-refractivity contribution in [1.29, 1.82) is 0 Å². The molecule has 0 spiro atoms. The minimum Gasteiger partial charge on any atom is -0.245 e. The van der Waals surface area contributed by atoms with Crippen LogP contribution < -0.4 is 0 Å². The average molecular weight is 805 g/mol. The van der Waals surface area contributed by atoms with Crippen LogP contribution in [0.25, 0.3) is 112 Å². The van der Waals surface area contributed by atoms with Gasteiger partial charge in [0, 0.05) is 38.6 Å². The number of aryl methyl sites for hydroxylation is 1. The summed E-state index contributed by atoms with van der Waals surface area (Å²) in [6.45, 7) is 2.16. The van der Waals surface area contributed by atoms with Crippen LogP contribution in [0.1, 0.15) is 5.56 Å². The second-order valence-corrected chi connectivity index (χ2v) is 15.9. The number of aromatic nitrogens is 4. The van der Waals surface area contributed by atoms with Crippen LogP contribution in [0.5, 0.6) is 0 Å². The molecule has 0 atom stereocenters. The van der Waals surface area contributed by atoms with E-state index in [-0.39, 0.29) is 0 Å². The molecule has 0 aliphatic carbocycles. The number of fused-ring (bicyclic) bond motifs is 3. The fraction of sp³-hybridized carbons (Fsp3) is 0.0169. The smallest absolute Gasteiger partial charge is 0.160 e. The number of benzene rings is 8. The molecule has 4 heteroatoms. The Morgan fingerprint density at radius 3 is 1.30 bits per heavy atom. The highest BCUT2D eigenvalue weighted by Crippen LogP contribution is 2.35. The van der Waals surface area contributed by atoms with Gasteiger partial charge in [0.15, 0.2) is 5.82 Å². The molecule has 0 saturated heterocycles. The van der Waals surface area contributed by atoms with Crippen LogP contribution in [0.15, 0.2) is 224 Å². The van der Waals surface area contributed by atoms with Crippen molar-refractivity contribution in [2.24, 2.45) is 0 Å². The molecule has 0 N–H and O–H groups in total. The molecule has 0 saturated carbocycles. The fourth-order valence-corrected chi connectivity index (χ4v) is 8.45. The monoisotopic (exact) mass is 804 g/mol. The second kappa shape index (κ2) is 16.3. The highest BCUT2D eigenvalue weighted by atomic mass is 14.9. The Hall–Kier alpha value is -8.34. The zero-order valence-electron chi connectivity index (χ0n) is 34.7. The van der Waals surface area contributed by atoms with Gasteiger partial charge in [-0.3, -0.25) is 0 Å². The molecule has 3 heterocycles. The number of pyridine rings is 2. The fourth-order valence-electron chi connectivity index (χ4n) is 8.45. The predicted octanol–water partition coefficient (Wildman–Crippen LogP) is 15.2. The van der Waals surface area contributed by atoms with Gasteiger partial charge in [-0.2, -0.15) is 0 Å². The third-order valence-electron chi connectivity index (χ3n) is 11.8. The summed E-state index contributed by atoms with van der Waals surface area (Å²) in [4.78, 5) is 20.7. The lowest BCUT2D eigenvalue weighted by Crippen LogP contribution is -1.96. The molecule has 11 rings (SSSR count). The Morgan fingerprint density at radius 2 is 0.667 bits per heavy atom. The first-order valence-corrected chi connectivity index (χ1v) is 21.3. The zero-order valence-corrected chi connectivity index (χ0v) is 34.7. The SMILES string of the molecule is Cc1cc(-c2cccc(-c3cccc(-c4ccc(-c5nc(-c6ccccc6)cc(-c6ccc(-c7ccccc7)cc6)n5)cc4)c3)c2)nc2c1ccc1ccc(-c3ccccc3)nc12. The van der Waals surface area contributed by atoms with Crippen LogP contribution >= 0.6 is 0 Å². The number of rotatable bonds is 8. The molecule has 0 amide bonds. The molecule has 0 radical (unpaired) electrons. The molecular weight excluding hydrogens is 765 g/mol. The van der Waals surface area contributed by atoms with Gasteiger partial charge in [-0.05, 0) is 76.2 Å². The molecule has 0 unspecified atom stereocenters. The van der Waals surface area contributed by atoms with Crippen LogP contribution in [-0.4, -0.2) is 19.9 Å². The molecule has 0 aliphatic rings. The summed E-state index contributed by atoms with van der Waals surface area (Å²) in [6.07, 6.45) is 0. The lowest BCUT2D eigenvalue weighted by atomic mass is 9.96. The summed E-state index contributed by atoms with van der Waals surface area (Å²) in [6, 6.07) is 78.6. The van der Waals surface area contributed by atoms with E-state index in [0.717, 1.165) is 94.7 Å². The van der Waals surface area contributed by atoms with Gasteiger partial charge in [-0.1, -0.05) is 194 Å². The molecule has 8 aromatic carbocycles. The third kappa shape index (κ3) is 7.56. The number of nitrogens with zero attached hydrogens (tertiary/aromatic N) is 4. The van der Waals surface area contributed by atoms with Crippen molar-refractivity contribution in [3.8, 4) is 89.8 Å². The Kier molecular flexibility index (Phi) is 9.72. The molecule has 0 bridgehead atoms. The summed E-state index contributed by atoms with van der Waals surface area (Å²) in [5, 5.41) is 2.19. The number of hydrogen-bond acceptors (Lipinski definition) is 4. The van der Waals surface area contributed by atoms with E-state index in [1.165, 1.54) is 16.7 Å². The molecule has 3 aromatic heterocycles. The average Bonchev–Trinajstić information content (AvgIpc) is 3.37. The second-order valence-electron chi connectivity index (χ2n) is 15.9. The van der Waals surface area contributed by atoms with Gasteiger partial charge in [-0.15, -0.1) is 0 Å². The first kappa shape index (κ1) is 37.6. The quantitative estimate of drug-likeness (QED) is 0.144. The minimum atomic E-state index is 0.688. The molecule has 4 nitrogen and oxygen atoms in total. The Balaban J connectivity index is 0.903. The van der Waals surface area contributed by atoms with Gasteiger partial charge in [0.05, 0.1) is 33.8 Å². The van der Waals surface area contributed by atoms with Crippen molar-refractivity contribution >= 4 is 21.8 Å². The Bertz CT molecular complexity index is 3420. The summed E-state index contributed by atoms with van der Waals surface area (Å²) >= 11 is 0. The van der Waals surface area contributed by atoms with Gasteiger partial charge in [0.2, 0.25) is 0 Å². The molecule has 0 aliphatic heterocycles. The van der Waals surface area contributed by atoms with Gasteiger partial charge < -0.3 is 0 Å². The van der Waals surface area contributed by atoms with Crippen LogP contribution in [-0.2, 0) is 0 Å². The normalized spacial score (nSPS) is 11.3. The van der Waals surface area contributed by atoms with Gasteiger partial charge in [-0.25, -0.2) is 19.9 Å². The Morgan fingerprint density at radius 1 is 0.254 bits per heavy atom. The van der Waals surface area contributed by atoms with Crippen molar-refractivity contribution in [3.05, 3.63) is 230 Å². The molecule has 296 valence electrons. The molecule has 63 heavy (non-hydrogen) atoms. The minimum absolute atomic E-state index is 0.688. The van der Waals surface area contributed by atoms with E-state index < -0.39 is 0 Å². The first-order chi connectivity index (χ1) is 31.1. The lowest BCUT2D eigenvalue weighted by molar-refractivity contribution is 1.18. The molecule has 0 fully saturated rings. The van der Waals surface area contributed by atoms with Crippen LogP contribution in [0.2, 0.25) is 0 Å². The van der Waals surface area contributed by atoms with E-state index in [1.54, 1.807) is 0 Å². The maximum absolute atomic E-state index is 5.29. The van der Waals surface area contributed by atoms with Crippen molar-refractivity contribution in [2.75, 3.05) is 0 Å². The van der Waals surface area contributed by atoms with Gasteiger partial charge in [0.25, 0.3) is 0 Å². The predicted molar refractivity (Wildman–Crippen MR) is 261 cm³/mol. The maximum atomic E-state index is 5.29. The zero-order chi connectivity index (χ0) is 42.1. The Labute approximate surface area is 366 Å². The lowest BCUT2D eigenvalue weighted by Gasteiger charge is -2.12. The first-order valence-electron chi connectivity index (χ1n) is 21.3. The summed E-state index contributed by atoms with van der Waals surface area (Å²) in [5.74, 6) is 0.688. The van der Waals surface area contributed by atoms with Gasteiger partial charge in [0.1, 0.15) is 0 Å². The number of hydrogen-bond donors (Lipinski definition) is 0. The van der Waals surface area contributed by atoms with E-state index in [9.17, 15) is 0 Å². The van der Waals surface area contributed by atoms with E-state index >= 15 is 0 Å². The van der Waals surface area contributed by atoms with E-state index in [4.69, 9.17) is 19.9 Å². The summed E-state index contributed by atoms with van der Waals surface area (Å²) < 4.78 is 0. The van der Waals surface area contributed by atoms with E-state index in [1.807, 2.05) is 42.5 Å². The van der Waals surface area contributed by atoms with Crippen LogP contribution in [0.4, 0.5) is 0 Å². The van der Waals surface area contributed by atoms with E-state index in [0.29, 0.717) is 5.82 Å². The van der Waals surface area contributed by atoms with Crippen molar-refractivity contribution < 1.29 is 0 Å². The highest BCUT2D eigenvalue weighted by Gasteiger charge is 2.14. The largest absolute Gasteiger partial charge is 0.245 e. The van der Waals surface area contributed by atoms with Crippen LogP contribution in [0, 0.1) is 6.92 Å². The maximum Gasteiger partial charge on any atom is 0.160 e. The van der Waals surface area contributed by atoms with Crippen molar-refractivity contribution in [1.82, 2.24) is 19.9 Å².